The molecule has 0 spiro atoms. The number of hydrogen-bond acceptors (Lipinski definition) is 2. The predicted molar refractivity (Wildman–Crippen MR) is 68.2 cm³/mol. The van der Waals surface area contributed by atoms with Gasteiger partial charge in [-0.1, -0.05) is 13.8 Å². The number of carbonyl (C=O) groups excluding carboxylic acids is 1. The van der Waals surface area contributed by atoms with Crippen molar-refractivity contribution in [3.05, 3.63) is 28.0 Å². The van der Waals surface area contributed by atoms with Crippen molar-refractivity contribution in [2.24, 2.45) is 5.41 Å². The normalized spacial score (nSPS) is 21.1. The molecule has 92 valence electrons. The first-order valence-corrected chi connectivity index (χ1v) is 6.16. The van der Waals surface area contributed by atoms with Gasteiger partial charge in [-0.2, -0.15) is 0 Å². The second kappa shape index (κ2) is 3.98. The average molecular weight is 301 g/mol. The summed E-state index contributed by atoms with van der Waals surface area (Å²) in [4.78, 5) is 11.9. The Morgan fingerprint density at radius 1 is 1.59 bits per heavy atom. The van der Waals surface area contributed by atoms with Gasteiger partial charge in [0.1, 0.15) is 5.82 Å². The van der Waals surface area contributed by atoms with Crippen molar-refractivity contribution < 1.29 is 9.18 Å². The van der Waals surface area contributed by atoms with Crippen molar-refractivity contribution in [3.8, 4) is 0 Å². The minimum Gasteiger partial charge on any atom is -0.396 e. The van der Waals surface area contributed by atoms with Crippen LogP contribution in [0.25, 0.3) is 0 Å². The third-order valence-electron chi connectivity index (χ3n) is 3.15. The van der Waals surface area contributed by atoms with E-state index in [1.165, 1.54) is 12.1 Å². The van der Waals surface area contributed by atoms with E-state index in [1.54, 1.807) is 0 Å². The van der Waals surface area contributed by atoms with E-state index in [2.05, 4.69) is 35.1 Å². The number of hydrogen-bond donors (Lipinski definition) is 2. The quantitative estimate of drug-likeness (QED) is 0.825. The molecule has 3 N–H and O–H groups in total. The topological polar surface area (TPSA) is 55.1 Å². The van der Waals surface area contributed by atoms with Crippen molar-refractivity contribution in [2.45, 2.75) is 26.3 Å². The maximum atomic E-state index is 13.1. The number of carbonyl (C=O) groups is 1. The zero-order valence-corrected chi connectivity index (χ0v) is 11.3. The monoisotopic (exact) mass is 300 g/mol. The molecule has 0 aliphatic heterocycles. The molecule has 1 atom stereocenters. The maximum Gasteiger partial charge on any atom is 0.252 e. The summed E-state index contributed by atoms with van der Waals surface area (Å²) in [5.74, 6) is -0.751. The molecule has 1 aliphatic rings. The number of nitrogen functional groups attached to an aromatic ring is 1. The zero-order chi connectivity index (χ0) is 12.8. The lowest BCUT2D eigenvalue weighted by atomic mass is 10.1. The molecule has 3 nitrogen and oxygen atoms in total. The van der Waals surface area contributed by atoms with E-state index >= 15 is 0 Å². The molecule has 1 aromatic rings. The minimum absolute atomic E-state index is 0.0200. The number of nitrogens with two attached hydrogens (primary N) is 1. The van der Waals surface area contributed by atoms with Gasteiger partial charge in [-0.25, -0.2) is 4.39 Å². The van der Waals surface area contributed by atoms with E-state index in [0.717, 1.165) is 6.42 Å². The summed E-state index contributed by atoms with van der Waals surface area (Å²) in [7, 11) is 0. The summed E-state index contributed by atoms with van der Waals surface area (Å²) in [5.41, 5.74) is 5.96. The van der Waals surface area contributed by atoms with Crippen LogP contribution in [-0.2, 0) is 0 Å². The van der Waals surface area contributed by atoms with Gasteiger partial charge in [0.15, 0.2) is 0 Å². The lowest BCUT2D eigenvalue weighted by Gasteiger charge is -2.09. The number of halogens is 2. The first-order valence-electron chi connectivity index (χ1n) is 5.36. The van der Waals surface area contributed by atoms with Crippen LogP contribution in [0.15, 0.2) is 16.6 Å². The molecule has 0 aromatic heterocycles. The van der Waals surface area contributed by atoms with Gasteiger partial charge in [-0.3, -0.25) is 4.79 Å². The summed E-state index contributed by atoms with van der Waals surface area (Å²) >= 11 is 3.16. The van der Waals surface area contributed by atoms with Gasteiger partial charge in [0.25, 0.3) is 5.91 Å². The molecule has 17 heavy (non-hydrogen) atoms. The SMILES string of the molecule is CC1(C)CC1NC(=O)c1cc(N)c(F)cc1Br. The fourth-order valence-electron chi connectivity index (χ4n) is 1.69. The lowest BCUT2D eigenvalue weighted by molar-refractivity contribution is 0.0945. The second-order valence-electron chi connectivity index (χ2n) is 5.07. The standard InChI is InChI=1S/C12H14BrFN2O/c1-12(2)5-10(12)16-11(17)6-3-9(15)8(14)4-7(6)13/h3-4,10H,5,15H2,1-2H3,(H,16,17). The molecule has 5 heteroatoms. The van der Waals surface area contributed by atoms with Crippen LogP contribution in [0.5, 0.6) is 0 Å². The van der Waals surface area contributed by atoms with Crippen LogP contribution in [-0.4, -0.2) is 11.9 Å². The smallest absolute Gasteiger partial charge is 0.252 e. The molecule has 1 aromatic carbocycles. The van der Waals surface area contributed by atoms with Gasteiger partial charge in [0, 0.05) is 10.5 Å². The number of amides is 1. The van der Waals surface area contributed by atoms with Crippen molar-refractivity contribution in [1.29, 1.82) is 0 Å². The minimum atomic E-state index is -0.528. The molecule has 1 amide bonds. The first-order chi connectivity index (χ1) is 7.81. The van der Waals surface area contributed by atoms with Crippen molar-refractivity contribution in [3.63, 3.8) is 0 Å². The third-order valence-corrected chi connectivity index (χ3v) is 3.81. The molecule has 2 rings (SSSR count). The van der Waals surface area contributed by atoms with Gasteiger partial charge >= 0.3 is 0 Å². The van der Waals surface area contributed by atoms with E-state index in [1.807, 2.05) is 0 Å². The van der Waals surface area contributed by atoms with Crippen LogP contribution < -0.4 is 11.1 Å². The number of rotatable bonds is 2. The second-order valence-corrected chi connectivity index (χ2v) is 5.93. The Morgan fingerprint density at radius 2 is 2.18 bits per heavy atom. The Hall–Kier alpha value is -1.10. The molecule has 0 heterocycles. The number of nitrogens with one attached hydrogen (secondary N) is 1. The maximum absolute atomic E-state index is 13.1. The fraction of sp³-hybridized carbons (Fsp3) is 0.417. The number of benzene rings is 1. The molecule has 0 bridgehead atoms. The van der Waals surface area contributed by atoms with Crippen molar-refractivity contribution in [1.82, 2.24) is 5.32 Å². The van der Waals surface area contributed by atoms with E-state index in [-0.39, 0.29) is 23.1 Å². The Morgan fingerprint density at radius 3 is 2.71 bits per heavy atom. The van der Waals surface area contributed by atoms with Gasteiger partial charge < -0.3 is 11.1 Å². The van der Waals surface area contributed by atoms with Crippen molar-refractivity contribution >= 4 is 27.5 Å². The molecule has 1 fully saturated rings. The fourth-order valence-corrected chi connectivity index (χ4v) is 2.18. The summed E-state index contributed by atoms with van der Waals surface area (Å²) in [6.45, 7) is 4.18. The molecule has 1 aliphatic carbocycles. The van der Waals surface area contributed by atoms with Gasteiger partial charge in [-0.05, 0) is 39.9 Å². The summed E-state index contributed by atoms with van der Waals surface area (Å²) in [6.07, 6.45) is 0.965. The molecular weight excluding hydrogens is 287 g/mol. The lowest BCUT2D eigenvalue weighted by Crippen LogP contribution is -2.28. The molecular formula is C12H14BrFN2O. The highest BCUT2D eigenvalue weighted by molar-refractivity contribution is 9.10. The highest BCUT2D eigenvalue weighted by Crippen LogP contribution is 2.44. The van der Waals surface area contributed by atoms with Crippen LogP contribution in [0.4, 0.5) is 10.1 Å². The van der Waals surface area contributed by atoms with Crippen LogP contribution >= 0.6 is 15.9 Å². The van der Waals surface area contributed by atoms with E-state index in [9.17, 15) is 9.18 Å². The first kappa shape index (κ1) is 12.4. The summed E-state index contributed by atoms with van der Waals surface area (Å²) in [5, 5.41) is 2.90. The highest BCUT2D eigenvalue weighted by atomic mass is 79.9. The van der Waals surface area contributed by atoms with E-state index in [0.29, 0.717) is 10.0 Å². The Balaban J connectivity index is 2.17. The molecule has 1 unspecified atom stereocenters. The summed E-state index contributed by atoms with van der Waals surface area (Å²) in [6, 6.07) is 2.75. The van der Waals surface area contributed by atoms with Crippen LogP contribution in [0.3, 0.4) is 0 Å². The van der Waals surface area contributed by atoms with Gasteiger partial charge in [0.05, 0.1) is 11.3 Å². The third kappa shape index (κ3) is 2.44. The Kier molecular flexibility index (Phi) is 2.89. The zero-order valence-electron chi connectivity index (χ0n) is 9.68. The largest absolute Gasteiger partial charge is 0.396 e. The highest BCUT2D eigenvalue weighted by Gasteiger charge is 2.46. The molecule has 0 saturated heterocycles. The molecule has 0 radical (unpaired) electrons. The van der Waals surface area contributed by atoms with Gasteiger partial charge in [-0.15, -0.1) is 0 Å². The van der Waals surface area contributed by atoms with E-state index < -0.39 is 5.82 Å². The predicted octanol–water partition coefficient (Wildman–Crippen LogP) is 2.70. The van der Waals surface area contributed by atoms with Gasteiger partial charge in [0.2, 0.25) is 0 Å². The Labute approximate surface area is 108 Å². The molecule has 1 saturated carbocycles. The van der Waals surface area contributed by atoms with Crippen LogP contribution in [0, 0.1) is 11.2 Å². The van der Waals surface area contributed by atoms with Crippen LogP contribution in [0.1, 0.15) is 30.6 Å². The van der Waals surface area contributed by atoms with E-state index in [4.69, 9.17) is 5.73 Å². The Bertz CT molecular complexity index is 488. The summed E-state index contributed by atoms with van der Waals surface area (Å²) < 4.78 is 13.6. The average Bonchev–Trinajstić information content (AvgIpc) is 2.79. The van der Waals surface area contributed by atoms with Crippen molar-refractivity contribution in [2.75, 3.05) is 5.73 Å². The number of anilines is 1. The van der Waals surface area contributed by atoms with Crippen LogP contribution in [0.2, 0.25) is 0 Å².